The molecule has 0 N–H and O–H groups in total. The summed E-state index contributed by atoms with van der Waals surface area (Å²) >= 11 is 0. The lowest BCUT2D eigenvalue weighted by atomic mass is 10.1. The normalized spacial score (nSPS) is 10.9. The molecule has 0 fully saturated rings. The molecule has 0 unspecified atom stereocenters. The molecule has 158 valence electrons. The second-order valence-corrected chi connectivity index (χ2v) is 6.69. The van der Waals surface area contributed by atoms with E-state index in [9.17, 15) is 13.6 Å². The molecule has 4 rings (SSSR count). The average Bonchev–Trinajstić information content (AvgIpc) is 3.47. The third-order valence-corrected chi connectivity index (χ3v) is 4.72. The van der Waals surface area contributed by atoms with E-state index in [0.717, 1.165) is 6.20 Å². The highest BCUT2D eigenvalue weighted by molar-refractivity contribution is 5.97. The Balaban J connectivity index is 1.49. The van der Waals surface area contributed by atoms with Crippen molar-refractivity contribution in [1.29, 1.82) is 0 Å². The molecule has 0 atom stereocenters. The fraction of sp³-hybridized carbons (Fsp3) is 0.190. The van der Waals surface area contributed by atoms with Gasteiger partial charge in [-0.2, -0.15) is 20.1 Å². The number of nitrogens with zero attached hydrogens (tertiary/aromatic N) is 7. The van der Waals surface area contributed by atoms with Crippen LogP contribution in [-0.4, -0.2) is 53.7 Å². The molecule has 0 aliphatic rings. The molecule has 0 radical (unpaired) electrons. The standard InChI is InChI=1S/C21H19F2N7O/c1-2-28(11-12-29-10-7-19(27-29)18-6-4-16(23)14-24-18)21(31)17-5-3-15(22)13-20(17)30-25-8-9-26-30/h3-10,13-14H,2,11-12H2,1H3. The maximum absolute atomic E-state index is 13.8. The van der Waals surface area contributed by atoms with Crippen molar-refractivity contribution >= 4 is 5.91 Å². The van der Waals surface area contributed by atoms with Crippen LogP contribution in [0, 0.1) is 11.6 Å². The minimum absolute atomic E-state index is 0.262. The molecule has 0 aliphatic carbocycles. The Morgan fingerprint density at radius 3 is 2.52 bits per heavy atom. The van der Waals surface area contributed by atoms with Crippen LogP contribution in [0.1, 0.15) is 17.3 Å². The molecular weight excluding hydrogens is 404 g/mol. The van der Waals surface area contributed by atoms with Gasteiger partial charge in [0.15, 0.2) is 0 Å². The number of carbonyl (C=O) groups is 1. The molecule has 0 saturated heterocycles. The van der Waals surface area contributed by atoms with Gasteiger partial charge in [0.25, 0.3) is 5.91 Å². The lowest BCUT2D eigenvalue weighted by Gasteiger charge is -2.22. The summed E-state index contributed by atoms with van der Waals surface area (Å²) in [5, 5.41) is 12.5. The van der Waals surface area contributed by atoms with Gasteiger partial charge >= 0.3 is 0 Å². The van der Waals surface area contributed by atoms with Gasteiger partial charge in [-0.3, -0.25) is 14.5 Å². The van der Waals surface area contributed by atoms with E-state index >= 15 is 0 Å². The van der Waals surface area contributed by atoms with E-state index in [-0.39, 0.29) is 11.6 Å². The number of pyridine rings is 1. The SMILES string of the molecule is CCN(CCn1ccc(-c2ccc(F)cn2)n1)C(=O)c1ccc(F)cc1-n1nccn1. The lowest BCUT2D eigenvalue weighted by Crippen LogP contribution is -2.34. The molecule has 1 amide bonds. The topological polar surface area (TPSA) is 81.7 Å². The van der Waals surface area contributed by atoms with Crippen LogP contribution in [0.3, 0.4) is 0 Å². The maximum Gasteiger partial charge on any atom is 0.256 e. The summed E-state index contributed by atoms with van der Waals surface area (Å²) < 4.78 is 28.5. The first-order valence-corrected chi connectivity index (χ1v) is 9.66. The molecule has 3 aromatic heterocycles. The van der Waals surface area contributed by atoms with Crippen LogP contribution < -0.4 is 0 Å². The minimum atomic E-state index is -0.481. The summed E-state index contributed by atoms with van der Waals surface area (Å²) in [5.74, 6) is -1.15. The number of likely N-dealkylation sites (N-methyl/N-ethyl adjacent to an activating group) is 1. The predicted octanol–water partition coefficient (Wildman–Crippen LogP) is 2.97. The molecule has 4 aromatic rings. The number of halogens is 2. The fourth-order valence-corrected chi connectivity index (χ4v) is 3.14. The molecule has 8 nitrogen and oxygen atoms in total. The summed E-state index contributed by atoms with van der Waals surface area (Å²) in [6.07, 6.45) is 5.83. The van der Waals surface area contributed by atoms with E-state index in [1.807, 2.05) is 6.92 Å². The Hall–Kier alpha value is -3.95. The van der Waals surface area contributed by atoms with Crippen molar-refractivity contribution in [1.82, 2.24) is 34.7 Å². The second-order valence-electron chi connectivity index (χ2n) is 6.69. The van der Waals surface area contributed by atoms with Crippen molar-refractivity contribution in [3.8, 4) is 17.1 Å². The Morgan fingerprint density at radius 1 is 1.03 bits per heavy atom. The van der Waals surface area contributed by atoms with Crippen LogP contribution in [0.15, 0.2) is 61.2 Å². The zero-order valence-corrected chi connectivity index (χ0v) is 16.7. The fourth-order valence-electron chi connectivity index (χ4n) is 3.14. The third kappa shape index (κ3) is 4.47. The van der Waals surface area contributed by atoms with E-state index in [4.69, 9.17) is 0 Å². The molecule has 0 spiro atoms. The van der Waals surface area contributed by atoms with Gasteiger partial charge < -0.3 is 4.90 Å². The van der Waals surface area contributed by atoms with Gasteiger partial charge in [-0.15, -0.1) is 0 Å². The first kappa shape index (κ1) is 20.3. The van der Waals surface area contributed by atoms with Crippen molar-refractivity contribution < 1.29 is 13.6 Å². The number of carbonyl (C=O) groups excluding carboxylic acids is 1. The van der Waals surface area contributed by atoms with Gasteiger partial charge in [-0.05, 0) is 37.3 Å². The molecule has 1 aromatic carbocycles. The van der Waals surface area contributed by atoms with Gasteiger partial charge in [0.1, 0.15) is 23.0 Å². The number of hydrogen-bond donors (Lipinski definition) is 0. The first-order chi connectivity index (χ1) is 15.0. The summed E-state index contributed by atoms with van der Waals surface area (Å²) in [6, 6.07) is 8.57. The van der Waals surface area contributed by atoms with E-state index in [0.29, 0.717) is 36.6 Å². The number of aromatic nitrogens is 6. The predicted molar refractivity (Wildman–Crippen MR) is 108 cm³/mol. The zero-order chi connectivity index (χ0) is 21.8. The number of amides is 1. The Morgan fingerprint density at radius 2 is 1.81 bits per heavy atom. The van der Waals surface area contributed by atoms with Gasteiger partial charge in [0.2, 0.25) is 0 Å². The van der Waals surface area contributed by atoms with Crippen molar-refractivity contribution in [2.45, 2.75) is 13.5 Å². The van der Waals surface area contributed by atoms with Gasteiger partial charge in [-0.25, -0.2) is 8.78 Å². The molecule has 3 heterocycles. The number of hydrogen-bond acceptors (Lipinski definition) is 5. The Bertz CT molecular complexity index is 1170. The summed E-state index contributed by atoms with van der Waals surface area (Å²) in [4.78, 5) is 20.0. The van der Waals surface area contributed by atoms with Gasteiger partial charge in [-0.1, -0.05) is 0 Å². The Labute approximate surface area is 176 Å². The molecular formula is C21H19F2N7O. The van der Waals surface area contributed by atoms with Gasteiger partial charge in [0.05, 0.1) is 36.4 Å². The van der Waals surface area contributed by atoms with Crippen molar-refractivity contribution in [3.63, 3.8) is 0 Å². The van der Waals surface area contributed by atoms with Crippen LogP contribution >= 0.6 is 0 Å². The minimum Gasteiger partial charge on any atom is -0.337 e. The van der Waals surface area contributed by atoms with Crippen LogP contribution in [0.2, 0.25) is 0 Å². The van der Waals surface area contributed by atoms with Crippen LogP contribution in [-0.2, 0) is 6.54 Å². The highest BCUT2D eigenvalue weighted by Gasteiger charge is 2.20. The molecule has 10 heteroatoms. The maximum atomic E-state index is 13.8. The van der Waals surface area contributed by atoms with E-state index < -0.39 is 11.6 Å². The van der Waals surface area contributed by atoms with E-state index in [1.165, 1.54) is 41.5 Å². The quantitative estimate of drug-likeness (QED) is 0.457. The summed E-state index contributed by atoms with van der Waals surface area (Å²) in [7, 11) is 0. The van der Waals surface area contributed by atoms with Gasteiger partial charge in [0, 0.05) is 25.4 Å². The highest BCUT2D eigenvalue weighted by atomic mass is 19.1. The monoisotopic (exact) mass is 423 g/mol. The summed E-state index contributed by atoms with van der Waals surface area (Å²) in [6.45, 7) is 3.15. The lowest BCUT2D eigenvalue weighted by molar-refractivity contribution is 0.0757. The van der Waals surface area contributed by atoms with Crippen LogP contribution in [0.4, 0.5) is 8.78 Å². The molecule has 0 saturated carbocycles. The van der Waals surface area contributed by atoms with Crippen LogP contribution in [0.5, 0.6) is 0 Å². The molecule has 0 bridgehead atoms. The highest BCUT2D eigenvalue weighted by Crippen LogP contribution is 2.18. The van der Waals surface area contributed by atoms with Crippen molar-refractivity contribution in [2.24, 2.45) is 0 Å². The first-order valence-electron chi connectivity index (χ1n) is 9.66. The van der Waals surface area contributed by atoms with E-state index in [1.54, 1.807) is 27.9 Å². The van der Waals surface area contributed by atoms with E-state index in [2.05, 4.69) is 20.3 Å². The average molecular weight is 423 g/mol. The third-order valence-electron chi connectivity index (χ3n) is 4.72. The number of rotatable bonds is 7. The van der Waals surface area contributed by atoms with Crippen LogP contribution in [0.25, 0.3) is 17.1 Å². The summed E-state index contributed by atoms with van der Waals surface area (Å²) in [5.41, 5.74) is 1.75. The van der Waals surface area contributed by atoms with Crippen molar-refractivity contribution in [2.75, 3.05) is 13.1 Å². The zero-order valence-electron chi connectivity index (χ0n) is 16.7. The number of benzene rings is 1. The smallest absolute Gasteiger partial charge is 0.256 e. The van der Waals surface area contributed by atoms with Crippen molar-refractivity contribution in [3.05, 3.63) is 78.4 Å². The second kappa shape index (κ2) is 8.82. The molecule has 31 heavy (non-hydrogen) atoms. The molecule has 0 aliphatic heterocycles. The Kier molecular flexibility index (Phi) is 5.78. The largest absolute Gasteiger partial charge is 0.337 e.